The molecule has 0 radical (unpaired) electrons. The maximum atomic E-state index is 11.0. The number of carbonyl (C=O) groups excluding carboxylic acids is 1. The number of aromatic nitrogens is 1. The average molecular weight is 260 g/mol. The minimum absolute atomic E-state index is 0.135. The summed E-state index contributed by atoms with van der Waals surface area (Å²) in [5.74, 6) is -0.180. The number of carboxylic acid groups (broad SMARTS) is 1. The van der Waals surface area contributed by atoms with Crippen molar-refractivity contribution >= 4 is 16.9 Å². The predicted molar refractivity (Wildman–Crippen MR) is 68.5 cm³/mol. The Hall–Kier alpha value is -2.30. The van der Waals surface area contributed by atoms with Crippen LogP contribution in [0, 0.1) is 6.92 Å². The normalized spacial score (nSPS) is 10.5. The summed E-state index contributed by atoms with van der Waals surface area (Å²) in [6, 6.07) is 4.95. The van der Waals surface area contributed by atoms with E-state index in [1.165, 1.54) is 6.07 Å². The van der Waals surface area contributed by atoms with Crippen molar-refractivity contribution < 1.29 is 19.4 Å². The molecule has 0 aliphatic heterocycles. The van der Waals surface area contributed by atoms with Gasteiger partial charge in [0.05, 0.1) is 30.9 Å². The van der Waals surface area contributed by atoms with Gasteiger partial charge in [0.2, 0.25) is 0 Å². The number of nitrogens with zero attached hydrogens (tertiary/aromatic N) is 1. The standard InChI is InChI=1S/C14H15NO4/c1-4-19-12-7-11(14(16)17)15-13-8(2)5-9(18-3)6-10(12)13/h5-7H,4H2,1-3H3,(H,16,17)/p-1. The number of pyridine rings is 1. The molecule has 19 heavy (non-hydrogen) atoms. The molecule has 0 saturated carbocycles. The lowest BCUT2D eigenvalue weighted by Crippen LogP contribution is -2.23. The van der Waals surface area contributed by atoms with Gasteiger partial charge in [0.15, 0.2) is 0 Å². The fraction of sp³-hybridized carbons (Fsp3) is 0.286. The molecule has 1 aromatic carbocycles. The molecule has 0 amide bonds. The third-order valence-electron chi connectivity index (χ3n) is 2.78. The van der Waals surface area contributed by atoms with Crippen LogP contribution < -0.4 is 14.6 Å². The van der Waals surface area contributed by atoms with E-state index in [9.17, 15) is 9.90 Å². The topological polar surface area (TPSA) is 71.5 Å². The van der Waals surface area contributed by atoms with E-state index in [0.29, 0.717) is 23.6 Å². The first-order chi connectivity index (χ1) is 9.06. The Labute approximate surface area is 110 Å². The molecule has 0 N–H and O–H groups in total. The summed E-state index contributed by atoms with van der Waals surface area (Å²) in [7, 11) is 1.57. The molecule has 0 saturated heterocycles. The molecule has 0 aliphatic carbocycles. The molecule has 0 bridgehead atoms. The molecular formula is C14H14NO4-. The summed E-state index contributed by atoms with van der Waals surface area (Å²) in [4.78, 5) is 15.1. The quantitative estimate of drug-likeness (QED) is 0.829. The summed E-state index contributed by atoms with van der Waals surface area (Å²) in [5, 5.41) is 11.7. The molecule has 5 nitrogen and oxygen atoms in total. The second-order valence-corrected chi connectivity index (χ2v) is 4.07. The van der Waals surface area contributed by atoms with Crippen LogP contribution in [-0.2, 0) is 0 Å². The highest BCUT2D eigenvalue weighted by atomic mass is 16.5. The lowest BCUT2D eigenvalue weighted by Gasteiger charge is -2.13. The largest absolute Gasteiger partial charge is 0.543 e. The maximum absolute atomic E-state index is 11.0. The van der Waals surface area contributed by atoms with Crippen molar-refractivity contribution in [2.45, 2.75) is 13.8 Å². The number of methoxy groups -OCH3 is 1. The summed E-state index contributed by atoms with van der Waals surface area (Å²) >= 11 is 0. The summed E-state index contributed by atoms with van der Waals surface area (Å²) in [6.07, 6.45) is 0. The molecule has 100 valence electrons. The van der Waals surface area contributed by atoms with Crippen LogP contribution in [0.5, 0.6) is 11.5 Å². The van der Waals surface area contributed by atoms with Gasteiger partial charge in [-0.15, -0.1) is 0 Å². The van der Waals surface area contributed by atoms with E-state index in [1.807, 2.05) is 13.8 Å². The average Bonchev–Trinajstić information content (AvgIpc) is 2.39. The van der Waals surface area contributed by atoms with Crippen LogP contribution in [-0.4, -0.2) is 24.7 Å². The van der Waals surface area contributed by atoms with Gasteiger partial charge < -0.3 is 19.4 Å². The number of carboxylic acids is 1. The van der Waals surface area contributed by atoms with Crippen LogP contribution >= 0.6 is 0 Å². The Balaban J connectivity index is 2.78. The zero-order chi connectivity index (χ0) is 14.0. The highest BCUT2D eigenvalue weighted by Gasteiger charge is 2.11. The zero-order valence-electron chi connectivity index (χ0n) is 11.0. The first-order valence-corrected chi connectivity index (χ1v) is 5.90. The number of fused-ring (bicyclic) bond motifs is 1. The smallest absolute Gasteiger partial charge is 0.131 e. The monoisotopic (exact) mass is 260 g/mol. The van der Waals surface area contributed by atoms with Crippen LogP contribution in [0.1, 0.15) is 23.0 Å². The molecular weight excluding hydrogens is 246 g/mol. The summed E-state index contributed by atoms with van der Waals surface area (Å²) in [5.41, 5.74) is 1.26. The second kappa shape index (κ2) is 5.14. The van der Waals surface area contributed by atoms with E-state index < -0.39 is 5.97 Å². The lowest BCUT2D eigenvalue weighted by molar-refractivity contribution is -0.255. The maximum Gasteiger partial charge on any atom is 0.131 e. The van der Waals surface area contributed by atoms with Crippen molar-refractivity contribution in [3.05, 3.63) is 29.5 Å². The number of hydrogen-bond donors (Lipinski definition) is 0. The minimum Gasteiger partial charge on any atom is -0.543 e. The third kappa shape index (κ3) is 2.45. The SMILES string of the molecule is CCOc1cc(C(=O)[O-])nc2c(C)cc(OC)cc12. The Morgan fingerprint density at radius 2 is 2.11 bits per heavy atom. The Morgan fingerprint density at radius 3 is 2.68 bits per heavy atom. The fourth-order valence-electron chi connectivity index (χ4n) is 1.93. The van der Waals surface area contributed by atoms with E-state index in [-0.39, 0.29) is 5.69 Å². The zero-order valence-corrected chi connectivity index (χ0v) is 11.0. The van der Waals surface area contributed by atoms with E-state index in [2.05, 4.69) is 4.98 Å². The number of hydrogen-bond acceptors (Lipinski definition) is 5. The van der Waals surface area contributed by atoms with Gasteiger partial charge in [-0.2, -0.15) is 0 Å². The number of carbonyl (C=O) groups is 1. The fourth-order valence-corrected chi connectivity index (χ4v) is 1.93. The number of aryl methyl sites for hydroxylation is 1. The molecule has 5 heteroatoms. The van der Waals surface area contributed by atoms with Crippen molar-refractivity contribution in [3.63, 3.8) is 0 Å². The molecule has 2 aromatic rings. The van der Waals surface area contributed by atoms with Crippen molar-refractivity contribution in [1.29, 1.82) is 0 Å². The first kappa shape index (κ1) is 13.1. The molecule has 0 fully saturated rings. The van der Waals surface area contributed by atoms with Gasteiger partial charge in [-0.05, 0) is 31.5 Å². The van der Waals surface area contributed by atoms with Crippen LogP contribution in [0.15, 0.2) is 18.2 Å². The van der Waals surface area contributed by atoms with E-state index in [4.69, 9.17) is 9.47 Å². The number of benzene rings is 1. The van der Waals surface area contributed by atoms with Gasteiger partial charge >= 0.3 is 0 Å². The highest BCUT2D eigenvalue weighted by Crippen LogP contribution is 2.31. The summed E-state index contributed by atoms with van der Waals surface area (Å²) < 4.78 is 10.7. The van der Waals surface area contributed by atoms with Crippen molar-refractivity contribution in [2.75, 3.05) is 13.7 Å². The van der Waals surface area contributed by atoms with E-state index >= 15 is 0 Å². The Kier molecular flexibility index (Phi) is 3.55. The molecule has 0 aliphatic rings. The van der Waals surface area contributed by atoms with Crippen LogP contribution in [0.25, 0.3) is 10.9 Å². The van der Waals surface area contributed by atoms with Gasteiger partial charge in [0.25, 0.3) is 0 Å². The first-order valence-electron chi connectivity index (χ1n) is 5.90. The molecule has 0 spiro atoms. The molecule has 0 unspecified atom stereocenters. The molecule has 1 heterocycles. The molecule has 1 aromatic heterocycles. The molecule has 0 atom stereocenters. The van der Waals surface area contributed by atoms with Crippen LogP contribution in [0.4, 0.5) is 0 Å². The van der Waals surface area contributed by atoms with Gasteiger partial charge in [0.1, 0.15) is 11.5 Å². The number of ether oxygens (including phenoxy) is 2. The van der Waals surface area contributed by atoms with Crippen LogP contribution in [0.3, 0.4) is 0 Å². The number of aromatic carboxylic acids is 1. The number of rotatable bonds is 4. The molecule has 2 rings (SSSR count). The van der Waals surface area contributed by atoms with Gasteiger partial charge in [0, 0.05) is 11.5 Å². The van der Waals surface area contributed by atoms with Crippen molar-refractivity contribution in [2.24, 2.45) is 0 Å². The van der Waals surface area contributed by atoms with E-state index in [0.717, 1.165) is 10.9 Å². The van der Waals surface area contributed by atoms with E-state index in [1.54, 1.807) is 19.2 Å². The Bertz CT molecular complexity index is 637. The third-order valence-corrected chi connectivity index (χ3v) is 2.78. The van der Waals surface area contributed by atoms with Gasteiger partial charge in [-0.1, -0.05) is 0 Å². The lowest BCUT2D eigenvalue weighted by atomic mass is 10.1. The highest BCUT2D eigenvalue weighted by molar-refractivity contribution is 5.94. The van der Waals surface area contributed by atoms with Gasteiger partial charge in [-0.25, -0.2) is 4.98 Å². The van der Waals surface area contributed by atoms with Crippen molar-refractivity contribution in [1.82, 2.24) is 4.98 Å². The predicted octanol–water partition coefficient (Wildman–Crippen LogP) is 1.31. The second-order valence-electron chi connectivity index (χ2n) is 4.07. The van der Waals surface area contributed by atoms with Gasteiger partial charge in [-0.3, -0.25) is 0 Å². The summed E-state index contributed by atoms with van der Waals surface area (Å²) in [6.45, 7) is 4.10. The van der Waals surface area contributed by atoms with Crippen molar-refractivity contribution in [3.8, 4) is 11.5 Å². The van der Waals surface area contributed by atoms with Crippen LogP contribution in [0.2, 0.25) is 0 Å². The minimum atomic E-state index is -1.32. The Morgan fingerprint density at radius 1 is 1.37 bits per heavy atom.